The summed E-state index contributed by atoms with van der Waals surface area (Å²) in [4.78, 5) is 19.4. The molecule has 2 aromatic rings. The molecule has 1 amide bonds. The summed E-state index contributed by atoms with van der Waals surface area (Å²) in [5.41, 5.74) is 0.978. The smallest absolute Gasteiger partial charge is 0.271 e. The van der Waals surface area contributed by atoms with Crippen molar-refractivity contribution in [1.82, 2.24) is 19.9 Å². The lowest BCUT2D eigenvalue weighted by Gasteiger charge is -2.12. The lowest BCUT2D eigenvalue weighted by Crippen LogP contribution is -2.29. The van der Waals surface area contributed by atoms with E-state index in [0.717, 1.165) is 5.69 Å². The average molecular weight is 246 g/mol. The molecule has 94 valence electrons. The van der Waals surface area contributed by atoms with Gasteiger partial charge in [-0.3, -0.25) is 9.78 Å². The van der Waals surface area contributed by atoms with Crippen LogP contribution in [-0.4, -0.2) is 32.1 Å². The first-order chi connectivity index (χ1) is 8.68. The normalized spacial score (nSPS) is 12.1. The van der Waals surface area contributed by atoms with E-state index in [1.165, 1.54) is 18.6 Å². The Balaban J connectivity index is 1.93. The third kappa shape index (κ3) is 2.72. The molecule has 0 radical (unpaired) electrons. The molecule has 0 aliphatic heterocycles. The molecular formula is C12H14N4O2. The first-order valence-electron chi connectivity index (χ1n) is 5.52. The molecule has 0 aliphatic rings. The van der Waals surface area contributed by atoms with Crippen molar-refractivity contribution in [2.75, 3.05) is 6.54 Å². The third-order valence-corrected chi connectivity index (χ3v) is 2.58. The fraction of sp³-hybridized carbons (Fsp3) is 0.250. The summed E-state index contributed by atoms with van der Waals surface area (Å²) in [7, 11) is 1.84. The van der Waals surface area contributed by atoms with Crippen molar-refractivity contribution in [1.29, 1.82) is 0 Å². The number of hydrogen-bond donors (Lipinski definition) is 2. The molecule has 6 nitrogen and oxygen atoms in total. The van der Waals surface area contributed by atoms with Gasteiger partial charge in [-0.15, -0.1) is 0 Å². The van der Waals surface area contributed by atoms with Crippen molar-refractivity contribution < 1.29 is 9.90 Å². The van der Waals surface area contributed by atoms with Crippen LogP contribution >= 0.6 is 0 Å². The van der Waals surface area contributed by atoms with E-state index in [9.17, 15) is 9.90 Å². The van der Waals surface area contributed by atoms with E-state index in [1.54, 1.807) is 10.6 Å². The van der Waals surface area contributed by atoms with Crippen LogP contribution in [0.1, 0.15) is 22.3 Å². The highest BCUT2D eigenvalue weighted by atomic mass is 16.3. The summed E-state index contributed by atoms with van der Waals surface area (Å²) in [6.07, 6.45) is 5.41. The maximum Gasteiger partial charge on any atom is 0.271 e. The van der Waals surface area contributed by atoms with Gasteiger partial charge in [-0.2, -0.15) is 0 Å². The van der Waals surface area contributed by atoms with Crippen molar-refractivity contribution >= 4 is 5.91 Å². The minimum atomic E-state index is -0.745. The molecule has 0 unspecified atom stereocenters. The number of aryl methyl sites for hydroxylation is 1. The van der Waals surface area contributed by atoms with Crippen LogP contribution in [0.5, 0.6) is 0 Å². The molecule has 18 heavy (non-hydrogen) atoms. The zero-order valence-corrected chi connectivity index (χ0v) is 9.95. The Morgan fingerprint density at radius 3 is 3.00 bits per heavy atom. The van der Waals surface area contributed by atoms with Crippen LogP contribution in [0.2, 0.25) is 0 Å². The van der Waals surface area contributed by atoms with E-state index >= 15 is 0 Å². The molecule has 2 N–H and O–H groups in total. The SMILES string of the molecule is Cn1cccc1[C@@H](O)CNC(=O)c1cnccn1. The van der Waals surface area contributed by atoms with Crippen molar-refractivity contribution in [3.63, 3.8) is 0 Å². The van der Waals surface area contributed by atoms with Crippen molar-refractivity contribution in [2.24, 2.45) is 7.05 Å². The van der Waals surface area contributed by atoms with E-state index in [2.05, 4.69) is 15.3 Å². The van der Waals surface area contributed by atoms with Gasteiger partial charge in [0.2, 0.25) is 0 Å². The van der Waals surface area contributed by atoms with Crippen LogP contribution in [0.15, 0.2) is 36.9 Å². The second-order valence-electron chi connectivity index (χ2n) is 3.86. The molecule has 0 saturated carbocycles. The van der Waals surface area contributed by atoms with Crippen LogP contribution in [0.4, 0.5) is 0 Å². The van der Waals surface area contributed by atoms with Gasteiger partial charge in [-0.1, -0.05) is 0 Å². The number of hydrogen-bond acceptors (Lipinski definition) is 4. The quantitative estimate of drug-likeness (QED) is 0.812. The van der Waals surface area contributed by atoms with Crippen LogP contribution in [0.3, 0.4) is 0 Å². The molecule has 0 aromatic carbocycles. The number of aliphatic hydroxyl groups excluding tert-OH is 1. The van der Waals surface area contributed by atoms with Gasteiger partial charge in [-0.05, 0) is 12.1 Å². The van der Waals surface area contributed by atoms with E-state index in [1.807, 2.05) is 19.3 Å². The minimum absolute atomic E-state index is 0.132. The van der Waals surface area contributed by atoms with Gasteiger partial charge in [0.05, 0.1) is 6.20 Å². The molecular weight excluding hydrogens is 232 g/mol. The molecule has 0 spiro atoms. The molecule has 6 heteroatoms. The lowest BCUT2D eigenvalue weighted by molar-refractivity contribution is 0.0907. The van der Waals surface area contributed by atoms with Crippen LogP contribution in [-0.2, 0) is 7.05 Å². The number of aliphatic hydroxyl groups is 1. The van der Waals surface area contributed by atoms with Crippen LogP contribution in [0, 0.1) is 0 Å². The summed E-state index contributed by atoms with van der Waals surface area (Å²) in [5, 5.41) is 12.5. The summed E-state index contributed by atoms with van der Waals surface area (Å²) in [6, 6.07) is 3.64. The predicted molar refractivity (Wildman–Crippen MR) is 64.7 cm³/mol. The standard InChI is InChI=1S/C12H14N4O2/c1-16-6-2-3-10(16)11(17)8-15-12(18)9-7-13-4-5-14-9/h2-7,11,17H,8H2,1H3,(H,15,18)/t11-/m0/s1. The van der Waals surface area contributed by atoms with Crippen molar-refractivity contribution in [3.05, 3.63) is 48.3 Å². The highest BCUT2D eigenvalue weighted by molar-refractivity contribution is 5.91. The summed E-state index contributed by atoms with van der Waals surface area (Å²) in [6.45, 7) is 0.132. The van der Waals surface area contributed by atoms with Gasteiger partial charge in [0, 0.05) is 37.9 Å². The van der Waals surface area contributed by atoms with E-state index in [0.29, 0.717) is 0 Å². The highest BCUT2D eigenvalue weighted by Gasteiger charge is 2.13. The number of nitrogens with one attached hydrogen (secondary N) is 1. The fourth-order valence-corrected chi connectivity index (χ4v) is 1.62. The zero-order valence-electron chi connectivity index (χ0n) is 9.95. The van der Waals surface area contributed by atoms with E-state index in [-0.39, 0.29) is 18.1 Å². The number of nitrogens with zero attached hydrogens (tertiary/aromatic N) is 3. The molecule has 0 bridgehead atoms. The summed E-state index contributed by atoms with van der Waals surface area (Å²) >= 11 is 0. The lowest BCUT2D eigenvalue weighted by atomic mass is 10.2. The molecule has 1 atom stereocenters. The van der Waals surface area contributed by atoms with Crippen molar-refractivity contribution in [2.45, 2.75) is 6.10 Å². The number of amides is 1. The number of rotatable bonds is 4. The van der Waals surface area contributed by atoms with Gasteiger partial charge < -0.3 is 15.0 Å². The van der Waals surface area contributed by atoms with Gasteiger partial charge >= 0.3 is 0 Å². The molecule has 0 fully saturated rings. The number of aromatic nitrogens is 3. The van der Waals surface area contributed by atoms with Gasteiger partial charge in [0.1, 0.15) is 11.8 Å². The number of carbonyl (C=O) groups is 1. The number of carbonyl (C=O) groups excluding carboxylic acids is 1. The highest BCUT2D eigenvalue weighted by Crippen LogP contribution is 2.11. The summed E-state index contributed by atoms with van der Waals surface area (Å²) in [5.74, 6) is -0.351. The Morgan fingerprint density at radius 2 is 2.39 bits per heavy atom. The molecule has 0 saturated heterocycles. The minimum Gasteiger partial charge on any atom is -0.385 e. The predicted octanol–water partition coefficient (Wildman–Crippen LogP) is 0.278. The molecule has 2 aromatic heterocycles. The van der Waals surface area contributed by atoms with Crippen LogP contribution in [0.25, 0.3) is 0 Å². The van der Waals surface area contributed by atoms with Gasteiger partial charge in [0.15, 0.2) is 0 Å². The van der Waals surface area contributed by atoms with Gasteiger partial charge in [0.25, 0.3) is 5.91 Å². The maximum atomic E-state index is 11.7. The van der Waals surface area contributed by atoms with E-state index in [4.69, 9.17) is 0 Å². The fourth-order valence-electron chi connectivity index (χ4n) is 1.62. The summed E-state index contributed by atoms with van der Waals surface area (Å²) < 4.78 is 1.80. The largest absolute Gasteiger partial charge is 0.385 e. The van der Waals surface area contributed by atoms with Crippen molar-refractivity contribution in [3.8, 4) is 0 Å². The first kappa shape index (κ1) is 12.3. The second kappa shape index (κ2) is 5.42. The Hall–Kier alpha value is -2.21. The molecule has 2 rings (SSSR count). The molecule has 2 heterocycles. The topological polar surface area (TPSA) is 80.0 Å². The van der Waals surface area contributed by atoms with E-state index < -0.39 is 6.10 Å². The average Bonchev–Trinajstić information content (AvgIpc) is 2.83. The Kier molecular flexibility index (Phi) is 3.69. The maximum absolute atomic E-state index is 11.7. The Morgan fingerprint density at radius 1 is 1.56 bits per heavy atom. The first-order valence-corrected chi connectivity index (χ1v) is 5.52. The Labute approximate surface area is 104 Å². The third-order valence-electron chi connectivity index (χ3n) is 2.58. The Bertz CT molecular complexity index is 524. The molecule has 0 aliphatic carbocycles. The zero-order chi connectivity index (χ0) is 13.0. The van der Waals surface area contributed by atoms with Gasteiger partial charge in [-0.25, -0.2) is 4.98 Å². The monoisotopic (exact) mass is 246 g/mol. The van der Waals surface area contributed by atoms with Crippen LogP contribution < -0.4 is 5.32 Å². The second-order valence-corrected chi connectivity index (χ2v) is 3.86.